The molecule has 26 heavy (non-hydrogen) atoms. The van der Waals surface area contributed by atoms with E-state index in [-0.39, 0.29) is 18.1 Å². The van der Waals surface area contributed by atoms with Crippen molar-refractivity contribution < 1.29 is 14.6 Å². The summed E-state index contributed by atoms with van der Waals surface area (Å²) in [5, 5.41) is 18.8. The third kappa shape index (κ3) is 4.44. The normalized spacial score (nSPS) is 22.3. The van der Waals surface area contributed by atoms with Crippen LogP contribution in [0.15, 0.2) is 12.3 Å². The molecule has 1 amide bonds. The number of hydrogen-bond donors (Lipinski definition) is 1. The van der Waals surface area contributed by atoms with Crippen LogP contribution in [0.3, 0.4) is 0 Å². The van der Waals surface area contributed by atoms with Crippen molar-refractivity contribution in [1.29, 1.82) is 5.26 Å². The molecule has 0 spiro atoms. The van der Waals surface area contributed by atoms with Gasteiger partial charge in [-0.3, -0.25) is 9.69 Å². The maximum Gasteiger partial charge on any atom is 0.224 e. The largest absolute Gasteiger partial charge is 0.393 e. The predicted molar refractivity (Wildman–Crippen MR) is 96.3 cm³/mol. The summed E-state index contributed by atoms with van der Waals surface area (Å²) in [6.07, 6.45) is 3.52. The summed E-state index contributed by atoms with van der Waals surface area (Å²) in [6, 6.07) is 4.22. The van der Waals surface area contributed by atoms with Crippen molar-refractivity contribution in [3.05, 3.63) is 23.5 Å². The zero-order valence-electron chi connectivity index (χ0n) is 15.4. The van der Waals surface area contributed by atoms with Gasteiger partial charge in [-0.1, -0.05) is 0 Å². The first-order valence-corrected chi connectivity index (χ1v) is 9.47. The first-order valence-electron chi connectivity index (χ1n) is 9.47. The number of rotatable bonds is 5. The molecule has 7 heteroatoms. The number of carbonyl (C=O) groups excluding carboxylic acids is 1. The maximum absolute atomic E-state index is 12.6. The quantitative estimate of drug-likeness (QED) is 0.846. The lowest BCUT2D eigenvalue weighted by Crippen LogP contribution is -2.49. The van der Waals surface area contributed by atoms with Gasteiger partial charge in [0.05, 0.1) is 19.3 Å². The average Bonchev–Trinajstić information content (AvgIpc) is 3.06. The number of carbonyl (C=O) groups is 1. The standard InChI is InChI=1S/C19H28N4O3/c1-2-21-12-15(9-16(21)11-20)13-23-7-8-26-14-17(23)10-19(25)22-5-3-18(24)4-6-22/h9,12,17-18,24H,2-8,10,13-14H2,1H3/t17-/m0/s1. The topological polar surface area (TPSA) is 81.7 Å². The SMILES string of the molecule is CCn1cc(CN2CCOC[C@@H]2CC(=O)N2CCC(O)CC2)cc1C#N. The summed E-state index contributed by atoms with van der Waals surface area (Å²) in [6.45, 7) is 6.81. The third-order valence-corrected chi connectivity index (χ3v) is 5.37. The van der Waals surface area contributed by atoms with Crippen LogP contribution in [0.5, 0.6) is 0 Å². The second-order valence-electron chi connectivity index (χ2n) is 7.15. The number of aryl methyl sites for hydroxylation is 1. The van der Waals surface area contributed by atoms with E-state index in [0.717, 1.165) is 25.2 Å². The monoisotopic (exact) mass is 360 g/mol. The third-order valence-electron chi connectivity index (χ3n) is 5.37. The van der Waals surface area contributed by atoms with E-state index >= 15 is 0 Å². The Kier molecular flexibility index (Phi) is 6.30. The van der Waals surface area contributed by atoms with Crippen LogP contribution >= 0.6 is 0 Å². The molecule has 3 heterocycles. The van der Waals surface area contributed by atoms with Crippen molar-refractivity contribution in [1.82, 2.24) is 14.4 Å². The molecule has 0 aliphatic carbocycles. The summed E-state index contributed by atoms with van der Waals surface area (Å²) in [4.78, 5) is 16.8. The zero-order chi connectivity index (χ0) is 18.5. The Bertz CT molecular complexity index is 658. The number of hydrogen-bond acceptors (Lipinski definition) is 5. The molecule has 2 saturated heterocycles. The van der Waals surface area contributed by atoms with E-state index in [0.29, 0.717) is 51.3 Å². The fraction of sp³-hybridized carbons (Fsp3) is 0.684. The first kappa shape index (κ1) is 18.9. The number of aromatic nitrogens is 1. The van der Waals surface area contributed by atoms with Crippen molar-refractivity contribution in [2.45, 2.75) is 51.4 Å². The average molecular weight is 360 g/mol. The predicted octanol–water partition coefficient (Wildman–Crippen LogP) is 0.954. The zero-order valence-corrected chi connectivity index (χ0v) is 15.4. The number of morpholine rings is 1. The molecule has 2 aliphatic heterocycles. The fourth-order valence-corrected chi connectivity index (χ4v) is 3.78. The lowest BCUT2D eigenvalue weighted by Gasteiger charge is -2.37. The van der Waals surface area contributed by atoms with Gasteiger partial charge < -0.3 is 19.3 Å². The van der Waals surface area contributed by atoms with Gasteiger partial charge in [-0.15, -0.1) is 0 Å². The number of amides is 1. The molecule has 1 aromatic rings. The van der Waals surface area contributed by atoms with E-state index in [9.17, 15) is 15.2 Å². The maximum atomic E-state index is 12.6. The number of aliphatic hydroxyl groups is 1. The Labute approximate surface area is 154 Å². The molecule has 0 unspecified atom stereocenters. The molecule has 0 aromatic carbocycles. The Morgan fingerprint density at radius 1 is 1.38 bits per heavy atom. The Morgan fingerprint density at radius 2 is 2.15 bits per heavy atom. The van der Waals surface area contributed by atoms with E-state index < -0.39 is 0 Å². The van der Waals surface area contributed by atoms with Gasteiger partial charge in [0.1, 0.15) is 11.8 Å². The van der Waals surface area contributed by atoms with Crippen LogP contribution in [0.1, 0.15) is 37.4 Å². The molecule has 1 N–H and O–H groups in total. The Balaban J connectivity index is 1.61. The highest BCUT2D eigenvalue weighted by molar-refractivity contribution is 5.77. The number of nitriles is 1. The number of ether oxygens (including phenoxy) is 1. The second kappa shape index (κ2) is 8.67. The van der Waals surface area contributed by atoms with Crippen molar-refractivity contribution >= 4 is 5.91 Å². The highest BCUT2D eigenvalue weighted by Gasteiger charge is 2.29. The van der Waals surface area contributed by atoms with Gasteiger partial charge in [0.25, 0.3) is 0 Å². The van der Waals surface area contributed by atoms with Gasteiger partial charge in [0.2, 0.25) is 5.91 Å². The minimum atomic E-state index is -0.273. The molecule has 7 nitrogen and oxygen atoms in total. The summed E-state index contributed by atoms with van der Waals surface area (Å²) < 4.78 is 7.57. The van der Waals surface area contributed by atoms with Crippen LogP contribution in [0.4, 0.5) is 0 Å². The number of nitrogens with zero attached hydrogens (tertiary/aromatic N) is 4. The molecular formula is C19H28N4O3. The van der Waals surface area contributed by atoms with Gasteiger partial charge in [0, 0.05) is 51.4 Å². The smallest absolute Gasteiger partial charge is 0.224 e. The molecule has 1 aromatic heterocycles. The van der Waals surface area contributed by atoms with E-state index in [1.807, 2.05) is 28.7 Å². The van der Waals surface area contributed by atoms with Crippen molar-refractivity contribution in [2.75, 3.05) is 32.8 Å². The minimum absolute atomic E-state index is 0.0543. The van der Waals surface area contributed by atoms with Crippen LogP contribution in [0.2, 0.25) is 0 Å². The van der Waals surface area contributed by atoms with Crippen LogP contribution in [-0.4, -0.2) is 70.4 Å². The summed E-state index contributed by atoms with van der Waals surface area (Å²) in [5.41, 5.74) is 1.78. The van der Waals surface area contributed by atoms with Crippen LogP contribution < -0.4 is 0 Å². The van der Waals surface area contributed by atoms with Crippen molar-refractivity contribution in [2.24, 2.45) is 0 Å². The van der Waals surface area contributed by atoms with E-state index in [1.54, 1.807) is 0 Å². The molecule has 3 rings (SSSR count). The molecule has 142 valence electrons. The van der Waals surface area contributed by atoms with Crippen molar-refractivity contribution in [3.63, 3.8) is 0 Å². The fourth-order valence-electron chi connectivity index (χ4n) is 3.78. The highest BCUT2D eigenvalue weighted by Crippen LogP contribution is 2.19. The Morgan fingerprint density at radius 3 is 2.81 bits per heavy atom. The Hall–Kier alpha value is -1.88. The highest BCUT2D eigenvalue weighted by atomic mass is 16.5. The lowest BCUT2D eigenvalue weighted by atomic mass is 10.1. The molecule has 1 atom stereocenters. The van der Waals surface area contributed by atoms with E-state index in [4.69, 9.17) is 4.74 Å². The molecule has 0 radical (unpaired) electrons. The van der Waals surface area contributed by atoms with E-state index in [1.165, 1.54) is 0 Å². The summed E-state index contributed by atoms with van der Waals surface area (Å²) in [7, 11) is 0. The molecule has 0 saturated carbocycles. The number of piperidine rings is 1. The van der Waals surface area contributed by atoms with Gasteiger partial charge >= 0.3 is 0 Å². The van der Waals surface area contributed by atoms with Gasteiger partial charge in [-0.2, -0.15) is 5.26 Å². The molecule has 2 fully saturated rings. The van der Waals surface area contributed by atoms with Gasteiger partial charge in [-0.25, -0.2) is 0 Å². The first-order chi connectivity index (χ1) is 12.6. The molecule has 0 bridgehead atoms. The molecule has 2 aliphatic rings. The van der Waals surface area contributed by atoms with Crippen LogP contribution in [0, 0.1) is 11.3 Å². The lowest BCUT2D eigenvalue weighted by molar-refractivity contribution is -0.136. The summed E-state index contributed by atoms with van der Waals surface area (Å²) >= 11 is 0. The van der Waals surface area contributed by atoms with Crippen LogP contribution in [0.25, 0.3) is 0 Å². The number of aliphatic hydroxyl groups excluding tert-OH is 1. The van der Waals surface area contributed by atoms with Crippen molar-refractivity contribution in [3.8, 4) is 6.07 Å². The summed E-state index contributed by atoms with van der Waals surface area (Å²) in [5.74, 6) is 0.140. The molecular weight excluding hydrogens is 332 g/mol. The van der Waals surface area contributed by atoms with Gasteiger partial charge in [0.15, 0.2) is 0 Å². The van der Waals surface area contributed by atoms with Crippen LogP contribution in [-0.2, 0) is 22.6 Å². The van der Waals surface area contributed by atoms with Gasteiger partial charge in [-0.05, 0) is 31.4 Å². The van der Waals surface area contributed by atoms with E-state index in [2.05, 4.69) is 11.0 Å². The minimum Gasteiger partial charge on any atom is -0.393 e. The number of likely N-dealkylation sites (tertiary alicyclic amines) is 1. The second-order valence-corrected chi connectivity index (χ2v) is 7.15.